The third-order valence-corrected chi connectivity index (χ3v) is 3.25. The largest absolute Gasteiger partial charge is 0.484 e. The first-order chi connectivity index (χ1) is 8.74. The first-order valence-corrected chi connectivity index (χ1v) is 6.79. The minimum absolute atomic E-state index is 0.0494. The first kappa shape index (κ1) is 13.4. The highest BCUT2D eigenvalue weighted by Gasteiger charge is 2.16. The van der Waals surface area contributed by atoms with Crippen LogP contribution in [0.5, 0.6) is 5.75 Å². The van der Waals surface area contributed by atoms with Crippen molar-refractivity contribution in [3.8, 4) is 5.75 Å². The van der Waals surface area contributed by atoms with Gasteiger partial charge in [-0.2, -0.15) is 0 Å². The fourth-order valence-electron chi connectivity index (χ4n) is 1.82. The van der Waals surface area contributed by atoms with Gasteiger partial charge in [0.05, 0.1) is 0 Å². The van der Waals surface area contributed by atoms with Crippen LogP contribution in [-0.2, 0) is 9.53 Å². The van der Waals surface area contributed by atoms with Gasteiger partial charge in [-0.25, -0.2) is 0 Å². The van der Waals surface area contributed by atoms with Crippen molar-refractivity contribution in [1.82, 2.24) is 5.32 Å². The summed E-state index contributed by atoms with van der Waals surface area (Å²) in [4.78, 5) is 11.7. The van der Waals surface area contributed by atoms with Gasteiger partial charge in [0.1, 0.15) is 5.75 Å². The van der Waals surface area contributed by atoms with Crippen LogP contribution in [0.15, 0.2) is 28.7 Å². The molecular weight excluding hydrogens is 298 g/mol. The van der Waals surface area contributed by atoms with Gasteiger partial charge in [0.15, 0.2) is 6.61 Å². The van der Waals surface area contributed by atoms with Crippen LogP contribution in [0, 0.1) is 0 Å². The van der Waals surface area contributed by atoms with E-state index in [2.05, 4.69) is 21.2 Å². The topological polar surface area (TPSA) is 47.6 Å². The Morgan fingerprint density at radius 3 is 2.94 bits per heavy atom. The monoisotopic (exact) mass is 313 g/mol. The van der Waals surface area contributed by atoms with E-state index in [1.54, 1.807) is 0 Å². The molecule has 1 N–H and O–H groups in total. The van der Waals surface area contributed by atoms with Crippen molar-refractivity contribution in [1.29, 1.82) is 0 Å². The second kappa shape index (κ2) is 6.75. The molecule has 1 aliphatic rings. The van der Waals surface area contributed by atoms with Crippen molar-refractivity contribution in [3.63, 3.8) is 0 Å². The predicted molar refractivity (Wildman–Crippen MR) is 71.6 cm³/mol. The molecular formula is C13H16BrNO3. The van der Waals surface area contributed by atoms with Crippen LogP contribution in [0.25, 0.3) is 0 Å². The Balaban J connectivity index is 1.74. The van der Waals surface area contributed by atoms with E-state index in [9.17, 15) is 4.79 Å². The minimum Gasteiger partial charge on any atom is -0.484 e. The highest BCUT2D eigenvalue weighted by molar-refractivity contribution is 9.10. The quantitative estimate of drug-likeness (QED) is 0.926. The van der Waals surface area contributed by atoms with E-state index in [-0.39, 0.29) is 18.6 Å². The van der Waals surface area contributed by atoms with Gasteiger partial charge in [-0.1, -0.05) is 22.0 Å². The molecule has 0 aromatic heterocycles. The van der Waals surface area contributed by atoms with Crippen molar-refractivity contribution < 1.29 is 14.3 Å². The molecule has 0 atom stereocenters. The maximum atomic E-state index is 11.7. The van der Waals surface area contributed by atoms with E-state index < -0.39 is 0 Å². The molecule has 0 saturated carbocycles. The smallest absolute Gasteiger partial charge is 0.258 e. The standard InChI is InChI=1S/C13H16BrNO3/c14-10-2-1-3-12(8-10)18-9-13(16)15-11-4-6-17-7-5-11/h1-3,8,11H,4-7,9H2,(H,15,16). The summed E-state index contributed by atoms with van der Waals surface area (Å²) in [6.07, 6.45) is 1.76. The number of hydrogen-bond acceptors (Lipinski definition) is 3. The van der Waals surface area contributed by atoms with Crippen molar-refractivity contribution >= 4 is 21.8 Å². The maximum Gasteiger partial charge on any atom is 0.258 e. The number of benzene rings is 1. The van der Waals surface area contributed by atoms with Gasteiger partial charge >= 0.3 is 0 Å². The zero-order chi connectivity index (χ0) is 12.8. The molecule has 5 heteroatoms. The summed E-state index contributed by atoms with van der Waals surface area (Å²) in [5.41, 5.74) is 0. The Labute approximate surface area is 115 Å². The SMILES string of the molecule is O=C(COc1cccc(Br)c1)NC1CCOCC1. The van der Waals surface area contributed by atoms with E-state index in [0.29, 0.717) is 5.75 Å². The fraction of sp³-hybridized carbons (Fsp3) is 0.462. The Morgan fingerprint density at radius 2 is 2.22 bits per heavy atom. The number of nitrogens with one attached hydrogen (secondary N) is 1. The van der Waals surface area contributed by atoms with Crippen LogP contribution in [0.3, 0.4) is 0 Å². The average Bonchev–Trinajstić information content (AvgIpc) is 2.38. The average molecular weight is 314 g/mol. The van der Waals surface area contributed by atoms with Gasteiger partial charge in [-0.3, -0.25) is 4.79 Å². The summed E-state index contributed by atoms with van der Waals surface area (Å²) in [5.74, 6) is 0.605. The lowest BCUT2D eigenvalue weighted by atomic mass is 10.1. The van der Waals surface area contributed by atoms with Crippen LogP contribution < -0.4 is 10.1 Å². The summed E-state index contributed by atoms with van der Waals surface area (Å²) in [6, 6.07) is 7.66. The second-order valence-corrected chi connectivity index (χ2v) is 5.12. The molecule has 1 aromatic carbocycles. The lowest BCUT2D eigenvalue weighted by Gasteiger charge is -2.23. The summed E-state index contributed by atoms with van der Waals surface area (Å²) in [7, 11) is 0. The molecule has 0 aliphatic carbocycles. The van der Waals surface area contributed by atoms with Gasteiger partial charge in [-0.15, -0.1) is 0 Å². The maximum absolute atomic E-state index is 11.7. The summed E-state index contributed by atoms with van der Waals surface area (Å²) < 4.78 is 11.6. The lowest BCUT2D eigenvalue weighted by Crippen LogP contribution is -2.41. The van der Waals surface area contributed by atoms with E-state index in [0.717, 1.165) is 30.5 Å². The highest BCUT2D eigenvalue weighted by atomic mass is 79.9. The molecule has 1 aromatic rings. The molecule has 2 rings (SSSR count). The number of rotatable bonds is 4. The van der Waals surface area contributed by atoms with Crippen molar-refractivity contribution in [2.24, 2.45) is 0 Å². The molecule has 98 valence electrons. The molecule has 1 amide bonds. The Bertz CT molecular complexity index is 405. The molecule has 0 radical (unpaired) electrons. The van der Waals surface area contributed by atoms with Crippen molar-refractivity contribution in [2.45, 2.75) is 18.9 Å². The first-order valence-electron chi connectivity index (χ1n) is 5.99. The van der Waals surface area contributed by atoms with Crippen molar-refractivity contribution in [3.05, 3.63) is 28.7 Å². The lowest BCUT2D eigenvalue weighted by molar-refractivity contribution is -0.124. The van der Waals surface area contributed by atoms with E-state index in [1.807, 2.05) is 24.3 Å². The molecule has 0 spiro atoms. The third kappa shape index (κ3) is 4.31. The van der Waals surface area contributed by atoms with Crippen LogP contribution in [0.4, 0.5) is 0 Å². The normalized spacial score (nSPS) is 16.3. The number of carbonyl (C=O) groups is 1. The Hall–Kier alpha value is -1.07. The van der Waals surface area contributed by atoms with Gasteiger partial charge in [0, 0.05) is 23.7 Å². The number of carbonyl (C=O) groups excluding carboxylic acids is 1. The summed E-state index contributed by atoms with van der Waals surface area (Å²) in [5, 5.41) is 2.95. The number of halogens is 1. The summed E-state index contributed by atoms with van der Waals surface area (Å²) >= 11 is 3.35. The highest BCUT2D eigenvalue weighted by Crippen LogP contribution is 2.17. The predicted octanol–water partition coefficient (Wildman–Crippen LogP) is 2.12. The zero-order valence-corrected chi connectivity index (χ0v) is 11.6. The number of amides is 1. The molecule has 0 unspecified atom stereocenters. The molecule has 0 bridgehead atoms. The zero-order valence-electron chi connectivity index (χ0n) is 10.0. The van der Waals surface area contributed by atoms with Gasteiger partial charge in [0.2, 0.25) is 0 Å². The molecule has 4 nitrogen and oxygen atoms in total. The third-order valence-electron chi connectivity index (χ3n) is 2.75. The van der Waals surface area contributed by atoms with Crippen molar-refractivity contribution in [2.75, 3.05) is 19.8 Å². The fourth-order valence-corrected chi connectivity index (χ4v) is 2.20. The molecule has 1 saturated heterocycles. The number of hydrogen-bond donors (Lipinski definition) is 1. The summed E-state index contributed by atoms with van der Waals surface area (Å²) in [6.45, 7) is 1.49. The molecule has 18 heavy (non-hydrogen) atoms. The van der Waals surface area contributed by atoms with Gasteiger partial charge in [0.25, 0.3) is 5.91 Å². The second-order valence-electron chi connectivity index (χ2n) is 4.20. The Kier molecular flexibility index (Phi) is 5.01. The minimum atomic E-state index is -0.0816. The van der Waals surface area contributed by atoms with E-state index in [1.165, 1.54) is 0 Å². The van der Waals surface area contributed by atoms with Gasteiger partial charge < -0.3 is 14.8 Å². The van der Waals surface area contributed by atoms with E-state index in [4.69, 9.17) is 9.47 Å². The van der Waals surface area contributed by atoms with Crippen LogP contribution in [-0.4, -0.2) is 31.8 Å². The van der Waals surface area contributed by atoms with Crippen LogP contribution >= 0.6 is 15.9 Å². The number of ether oxygens (including phenoxy) is 2. The van der Waals surface area contributed by atoms with Crippen LogP contribution in [0.2, 0.25) is 0 Å². The molecule has 1 aliphatic heterocycles. The molecule has 1 fully saturated rings. The van der Waals surface area contributed by atoms with Gasteiger partial charge in [-0.05, 0) is 31.0 Å². The van der Waals surface area contributed by atoms with Crippen LogP contribution in [0.1, 0.15) is 12.8 Å². The Morgan fingerprint density at radius 1 is 1.44 bits per heavy atom. The van der Waals surface area contributed by atoms with E-state index >= 15 is 0 Å². The molecule has 1 heterocycles.